The first-order valence-electron chi connectivity index (χ1n) is 6.07. The lowest BCUT2D eigenvalue weighted by atomic mass is 9.81. The van der Waals surface area contributed by atoms with Crippen LogP contribution in [0.15, 0.2) is 24.3 Å². The molecule has 0 fully saturated rings. The third-order valence-electron chi connectivity index (χ3n) is 3.44. The molecule has 2 rings (SSSR count). The summed E-state index contributed by atoms with van der Waals surface area (Å²) in [5.41, 5.74) is 2.73. The van der Waals surface area contributed by atoms with Crippen LogP contribution in [0.4, 0.5) is 0 Å². The van der Waals surface area contributed by atoms with E-state index in [9.17, 15) is 13.0 Å². The molecule has 0 amide bonds. The Morgan fingerprint density at radius 1 is 1.29 bits per heavy atom. The first-order chi connectivity index (χ1) is 8.06. The number of benzene rings is 1. The predicted molar refractivity (Wildman–Crippen MR) is 65.9 cm³/mol. The molecule has 1 atom stereocenters. The maximum Gasteiger partial charge on any atom is 0.0945 e. The van der Waals surface area contributed by atoms with Gasteiger partial charge in [0.25, 0.3) is 0 Å². The molecule has 0 heterocycles. The first kappa shape index (κ1) is 12.6. The Hall–Kier alpha value is -0.870. The summed E-state index contributed by atoms with van der Waals surface area (Å²) >= 11 is 0. The van der Waals surface area contributed by atoms with Crippen LogP contribution in [0.3, 0.4) is 0 Å². The normalized spacial score (nSPS) is 19.9. The molecule has 1 aliphatic rings. The zero-order valence-corrected chi connectivity index (χ0v) is 10.6. The molecule has 1 aromatic rings. The maximum absolute atomic E-state index is 10.6. The molecule has 17 heavy (non-hydrogen) atoms. The van der Waals surface area contributed by atoms with Crippen LogP contribution in [0.25, 0.3) is 0 Å². The van der Waals surface area contributed by atoms with E-state index in [-0.39, 0.29) is 5.75 Å². The van der Waals surface area contributed by atoms with Crippen molar-refractivity contribution in [3.8, 4) is 0 Å². The molecule has 94 valence electrons. The topological polar surface area (TPSA) is 57.2 Å². The second kappa shape index (κ2) is 5.19. The van der Waals surface area contributed by atoms with E-state index in [0.29, 0.717) is 12.3 Å². The molecule has 4 heteroatoms. The highest BCUT2D eigenvalue weighted by molar-refractivity contribution is 7.85. The van der Waals surface area contributed by atoms with Crippen molar-refractivity contribution in [1.82, 2.24) is 0 Å². The zero-order valence-electron chi connectivity index (χ0n) is 9.76. The predicted octanol–water partition coefficient (Wildman–Crippen LogP) is 2.43. The summed E-state index contributed by atoms with van der Waals surface area (Å²) in [5, 5.41) is 0. The van der Waals surface area contributed by atoms with E-state index < -0.39 is 10.1 Å². The van der Waals surface area contributed by atoms with E-state index in [0.717, 1.165) is 25.7 Å². The minimum absolute atomic E-state index is 0.230. The van der Waals surface area contributed by atoms with Crippen molar-refractivity contribution in [3.05, 3.63) is 35.4 Å². The summed E-state index contributed by atoms with van der Waals surface area (Å²) in [7, 11) is -4.05. The van der Waals surface area contributed by atoms with Gasteiger partial charge in [-0.05, 0) is 49.1 Å². The molecule has 0 spiro atoms. The molecule has 0 aromatic heterocycles. The molecule has 0 bridgehead atoms. The van der Waals surface area contributed by atoms with Crippen molar-refractivity contribution in [1.29, 1.82) is 0 Å². The van der Waals surface area contributed by atoms with Crippen LogP contribution in [0.5, 0.6) is 0 Å². The Morgan fingerprint density at radius 3 is 2.82 bits per heavy atom. The molecule has 1 unspecified atom stereocenters. The molecule has 0 saturated carbocycles. The van der Waals surface area contributed by atoms with E-state index in [1.165, 1.54) is 11.1 Å². The molecule has 3 nitrogen and oxygen atoms in total. The van der Waals surface area contributed by atoms with Crippen LogP contribution in [-0.2, 0) is 16.5 Å². The van der Waals surface area contributed by atoms with Crippen molar-refractivity contribution < 1.29 is 13.0 Å². The number of hydrogen-bond donors (Lipinski definition) is 0. The molecule has 1 aliphatic carbocycles. The van der Waals surface area contributed by atoms with Crippen molar-refractivity contribution >= 4 is 10.1 Å². The van der Waals surface area contributed by atoms with Gasteiger partial charge in [-0.2, -0.15) is 0 Å². The van der Waals surface area contributed by atoms with Crippen LogP contribution in [-0.4, -0.2) is 18.7 Å². The Kier molecular flexibility index (Phi) is 3.84. The van der Waals surface area contributed by atoms with E-state index in [1.807, 2.05) is 12.1 Å². The second-order valence-corrected chi connectivity index (χ2v) is 6.22. The fourth-order valence-corrected chi connectivity index (χ4v) is 3.18. The monoisotopic (exact) mass is 253 g/mol. The minimum Gasteiger partial charge on any atom is -0.748 e. The van der Waals surface area contributed by atoms with Gasteiger partial charge in [0.2, 0.25) is 0 Å². The largest absolute Gasteiger partial charge is 0.748 e. The molecule has 1 aromatic carbocycles. The highest BCUT2D eigenvalue weighted by Crippen LogP contribution is 2.34. The summed E-state index contributed by atoms with van der Waals surface area (Å²) in [6.45, 7) is 0. The van der Waals surface area contributed by atoms with Crippen LogP contribution in [0.1, 0.15) is 42.7 Å². The number of fused-ring (bicyclic) bond motifs is 1. The molecule has 0 aliphatic heterocycles. The van der Waals surface area contributed by atoms with Gasteiger partial charge in [-0.3, -0.25) is 0 Å². The Labute approximate surface area is 103 Å². The van der Waals surface area contributed by atoms with Gasteiger partial charge in [0, 0.05) is 5.75 Å². The van der Waals surface area contributed by atoms with Gasteiger partial charge in [-0.1, -0.05) is 24.3 Å². The zero-order chi connectivity index (χ0) is 12.3. The molecule has 0 radical (unpaired) electrons. The first-order valence-corrected chi connectivity index (χ1v) is 7.65. The minimum atomic E-state index is -4.05. The van der Waals surface area contributed by atoms with Crippen molar-refractivity contribution in [2.75, 3.05) is 5.75 Å². The quantitative estimate of drug-likeness (QED) is 0.774. The van der Waals surface area contributed by atoms with E-state index >= 15 is 0 Å². The average molecular weight is 253 g/mol. The van der Waals surface area contributed by atoms with Crippen LogP contribution in [0.2, 0.25) is 0 Å². The van der Waals surface area contributed by atoms with Crippen LogP contribution < -0.4 is 0 Å². The summed E-state index contributed by atoms with van der Waals surface area (Å²) in [6, 6.07) is 8.35. The summed E-state index contributed by atoms with van der Waals surface area (Å²) in [6.07, 6.45) is 4.66. The Morgan fingerprint density at radius 2 is 2.06 bits per heavy atom. The van der Waals surface area contributed by atoms with Gasteiger partial charge in [0.1, 0.15) is 0 Å². The average Bonchev–Trinajstić information content (AvgIpc) is 2.28. The van der Waals surface area contributed by atoms with Crippen molar-refractivity contribution in [2.24, 2.45) is 0 Å². The lowest BCUT2D eigenvalue weighted by Gasteiger charge is -2.25. The second-order valence-electron chi connectivity index (χ2n) is 4.69. The number of hydrogen-bond acceptors (Lipinski definition) is 3. The maximum atomic E-state index is 10.6. The van der Waals surface area contributed by atoms with E-state index in [4.69, 9.17) is 0 Å². The third kappa shape index (κ3) is 3.54. The fourth-order valence-electron chi connectivity index (χ4n) is 2.66. The summed E-state index contributed by atoms with van der Waals surface area (Å²) < 4.78 is 31.7. The smallest absolute Gasteiger partial charge is 0.0945 e. The molecule has 0 N–H and O–H groups in total. The van der Waals surface area contributed by atoms with Gasteiger partial charge >= 0.3 is 0 Å². The van der Waals surface area contributed by atoms with Gasteiger partial charge in [0.15, 0.2) is 0 Å². The third-order valence-corrected chi connectivity index (χ3v) is 4.23. The highest BCUT2D eigenvalue weighted by atomic mass is 32.2. The van der Waals surface area contributed by atoms with Gasteiger partial charge in [0.05, 0.1) is 10.1 Å². The van der Waals surface area contributed by atoms with Gasteiger partial charge < -0.3 is 4.55 Å². The Bertz CT molecular complexity index is 479. The standard InChI is InChI=1S/C13H18O3S/c14-17(15,16)10-4-8-12-7-3-6-11-5-1-2-9-13(11)12/h1-2,5,9,12H,3-4,6-8,10H2,(H,14,15,16)/p-1. The lowest BCUT2D eigenvalue weighted by molar-refractivity contribution is 0.454. The SMILES string of the molecule is O=S(=O)([O-])CCCC1CCCc2ccccc21. The number of aryl methyl sites for hydroxylation is 1. The van der Waals surface area contributed by atoms with Crippen LogP contribution >= 0.6 is 0 Å². The fraction of sp³-hybridized carbons (Fsp3) is 0.538. The Balaban J connectivity index is 1.99. The van der Waals surface area contributed by atoms with Crippen molar-refractivity contribution in [2.45, 2.75) is 38.0 Å². The number of rotatable bonds is 4. The van der Waals surface area contributed by atoms with E-state index in [1.54, 1.807) is 0 Å². The highest BCUT2D eigenvalue weighted by Gasteiger charge is 2.19. The molecule has 0 saturated heterocycles. The summed E-state index contributed by atoms with van der Waals surface area (Å²) in [5.74, 6) is 0.202. The lowest BCUT2D eigenvalue weighted by Crippen LogP contribution is -2.12. The van der Waals surface area contributed by atoms with Crippen molar-refractivity contribution in [3.63, 3.8) is 0 Å². The molecular formula is C13H17O3S-. The molecular weight excluding hydrogens is 236 g/mol. The van der Waals surface area contributed by atoms with E-state index in [2.05, 4.69) is 12.1 Å². The van der Waals surface area contributed by atoms with Gasteiger partial charge in [-0.15, -0.1) is 0 Å². The summed E-state index contributed by atoms with van der Waals surface area (Å²) in [4.78, 5) is 0. The van der Waals surface area contributed by atoms with Gasteiger partial charge in [-0.25, -0.2) is 8.42 Å². The van der Waals surface area contributed by atoms with Crippen LogP contribution in [0, 0.1) is 0 Å².